The average Bonchev–Trinajstić information content (AvgIpc) is 2.85. The van der Waals surface area contributed by atoms with E-state index in [-0.39, 0.29) is 0 Å². The van der Waals surface area contributed by atoms with Crippen molar-refractivity contribution in [3.63, 3.8) is 0 Å². The van der Waals surface area contributed by atoms with Crippen LogP contribution in [0.1, 0.15) is 11.1 Å². The first-order valence-electron chi connectivity index (χ1n) is 10.6. The van der Waals surface area contributed by atoms with Crippen LogP contribution in [0.5, 0.6) is 0 Å². The molecule has 5 rings (SSSR count). The molecule has 0 saturated carbocycles. The predicted molar refractivity (Wildman–Crippen MR) is 130 cm³/mol. The van der Waals surface area contributed by atoms with Crippen molar-refractivity contribution < 1.29 is 0 Å². The fourth-order valence-electron chi connectivity index (χ4n) is 4.04. The highest BCUT2D eigenvalue weighted by Crippen LogP contribution is 2.33. The van der Waals surface area contributed by atoms with Gasteiger partial charge in [-0.05, 0) is 100 Å². The molecule has 0 bridgehead atoms. The zero-order valence-corrected chi connectivity index (χ0v) is 17.5. The standard InChI is InChI=1S/C29H24N2/c1-21-4-2-5-24(16-21)25-6-3-7-26(17-25)29-19-27(22-8-12-30-13-9-22)18-28(20-29)23-10-14-31-15-11-23/h2-14,16-20,31H,15H2,1H3. The van der Waals surface area contributed by atoms with Gasteiger partial charge in [0.2, 0.25) is 0 Å². The quantitative estimate of drug-likeness (QED) is 0.403. The lowest BCUT2D eigenvalue weighted by Crippen LogP contribution is -2.08. The highest BCUT2D eigenvalue weighted by atomic mass is 14.8. The summed E-state index contributed by atoms with van der Waals surface area (Å²) < 4.78 is 0. The molecule has 1 aromatic heterocycles. The fraction of sp³-hybridized carbons (Fsp3) is 0.0690. The smallest absolute Gasteiger partial charge is 0.0334 e. The molecule has 0 spiro atoms. The molecule has 2 heteroatoms. The zero-order valence-electron chi connectivity index (χ0n) is 17.5. The van der Waals surface area contributed by atoms with Crippen LogP contribution in [0.2, 0.25) is 0 Å². The minimum Gasteiger partial charge on any atom is -0.387 e. The van der Waals surface area contributed by atoms with Crippen molar-refractivity contribution in [2.45, 2.75) is 6.92 Å². The Balaban J connectivity index is 1.64. The van der Waals surface area contributed by atoms with Gasteiger partial charge in [0.25, 0.3) is 0 Å². The minimum atomic E-state index is 0.851. The summed E-state index contributed by atoms with van der Waals surface area (Å²) in [5, 5.41) is 3.24. The van der Waals surface area contributed by atoms with Crippen LogP contribution < -0.4 is 5.32 Å². The molecule has 0 unspecified atom stereocenters. The van der Waals surface area contributed by atoms with Gasteiger partial charge in [-0.2, -0.15) is 0 Å². The first-order chi connectivity index (χ1) is 15.3. The molecule has 31 heavy (non-hydrogen) atoms. The first-order valence-corrected chi connectivity index (χ1v) is 10.6. The van der Waals surface area contributed by atoms with Crippen LogP contribution >= 0.6 is 0 Å². The Bertz CT molecular complexity index is 1280. The maximum atomic E-state index is 4.19. The molecule has 0 atom stereocenters. The lowest BCUT2D eigenvalue weighted by molar-refractivity contribution is 0.976. The number of hydrogen-bond acceptors (Lipinski definition) is 2. The van der Waals surface area contributed by atoms with Crippen LogP contribution in [0.15, 0.2) is 110 Å². The molecular weight excluding hydrogens is 376 g/mol. The fourth-order valence-corrected chi connectivity index (χ4v) is 4.04. The second-order valence-corrected chi connectivity index (χ2v) is 7.89. The third kappa shape index (κ3) is 4.19. The number of nitrogens with one attached hydrogen (secondary N) is 1. The number of dihydropyridines is 1. The van der Waals surface area contributed by atoms with E-state index in [0.29, 0.717) is 0 Å². The molecule has 0 saturated heterocycles. The molecule has 0 amide bonds. The number of allylic oxidation sites excluding steroid dienone is 2. The number of aryl methyl sites for hydroxylation is 1. The molecule has 0 aliphatic carbocycles. The summed E-state index contributed by atoms with van der Waals surface area (Å²) >= 11 is 0. The van der Waals surface area contributed by atoms with E-state index in [1.165, 1.54) is 50.1 Å². The normalized spacial score (nSPS) is 12.9. The van der Waals surface area contributed by atoms with Crippen molar-refractivity contribution in [2.24, 2.45) is 0 Å². The third-order valence-corrected chi connectivity index (χ3v) is 5.65. The molecule has 1 aliphatic rings. The second kappa shape index (κ2) is 8.45. The molecule has 0 fully saturated rings. The third-order valence-electron chi connectivity index (χ3n) is 5.65. The highest BCUT2D eigenvalue weighted by Gasteiger charge is 2.10. The summed E-state index contributed by atoms with van der Waals surface area (Å²) in [5.41, 5.74) is 11.0. The van der Waals surface area contributed by atoms with Crippen LogP contribution in [-0.4, -0.2) is 11.5 Å². The van der Waals surface area contributed by atoms with Gasteiger partial charge in [0.1, 0.15) is 0 Å². The summed E-state index contributed by atoms with van der Waals surface area (Å²) in [6.07, 6.45) is 10.1. The van der Waals surface area contributed by atoms with Crippen molar-refractivity contribution >= 4 is 5.57 Å². The molecule has 1 aliphatic heterocycles. The Labute approximate surface area is 183 Å². The molecule has 2 heterocycles. The largest absolute Gasteiger partial charge is 0.387 e. The van der Waals surface area contributed by atoms with E-state index in [9.17, 15) is 0 Å². The van der Waals surface area contributed by atoms with Crippen LogP contribution in [0.4, 0.5) is 0 Å². The molecule has 150 valence electrons. The molecule has 1 N–H and O–H groups in total. The van der Waals surface area contributed by atoms with Gasteiger partial charge in [0.15, 0.2) is 0 Å². The van der Waals surface area contributed by atoms with Crippen LogP contribution in [0, 0.1) is 6.92 Å². The van der Waals surface area contributed by atoms with E-state index in [2.05, 4.69) is 108 Å². The molecular formula is C29H24N2. The monoisotopic (exact) mass is 400 g/mol. The molecule has 3 aromatic carbocycles. The Kier molecular flexibility index (Phi) is 5.20. The summed E-state index contributed by atoms with van der Waals surface area (Å²) in [4.78, 5) is 4.19. The molecule has 0 radical (unpaired) electrons. The number of aromatic nitrogens is 1. The van der Waals surface area contributed by atoms with Gasteiger partial charge in [0.05, 0.1) is 0 Å². The van der Waals surface area contributed by atoms with Crippen molar-refractivity contribution in [1.29, 1.82) is 0 Å². The summed E-state index contributed by atoms with van der Waals surface area (Å²) in [6.45, 7) is 2.99. The number of rotatable bonds is 4. The van der Waals surface area contributed by atoms with Gasteiger partial charge >= 0.3 is 0 Å². The van der Waals surface area contributed by atoms with Crippen molar-refractivity contribution in [3.05, 3.63) is 121 Å². The van der Waals surface area contributed by atoms with Crippen molar-refractivity contribution in [1.82, 2.24) is 10.3 Å². The van der Waals surface area contributed by atoms with E-state index >= 15 is 0 Å². The Morgan fingerprint density at radius 2 is 1.26 bits per heavy atom. The van der Waals surface area contributed by atoms with Crippen LogP contribution in [0.3, 0.4) is 0 Å². The Hall–Kier alpha value is -3.91. The SMILES string of the molecule is Cc1cccc(-c2cccc(-c3cc(C4=CCNC=C4)cc(-c4ccncc4)c3)c2)c1. The first kappa shape index (κ1) is 19.1. The lowest BCUT2D eigenvalue weighted by atomic mass is 9.91. The van der Waals surface area contributed by atoms with Crippen LogP contribution in [0.25, 0.3) is 39.0 Å². The average molecular weight is 401 g/mol. The highest BCUT2D eigenvalue weighted by molar-refractivity contribution is 5.84. The van der Waals surface area contributed by atoms with Gasteiger partial charge < -0.3 is 5.32 Å². The maximum Gasteiger partial charge on any atom is 0.0334 e. The van der Waals surface area contributed by atoms with E-state index < -0.39 is 0 Å². The zero-order chi connectivity index (χ0) is 21.0. The van der Waals surface area contributed by atoms with Gasteiger partial charge in [-0.1, -0.05) is 54.1 Å². The predicted octanol–water partition coefficient (Wildman–Crippen LogP) is 6.89. The topological polar surface area (TPSA) is 24.9 Å². The van der Waals surface area contributed by atoms with Crippen LogP contribution in [-0.2, 0) is 0 Å². The van der Waals surface area contributed by atoms with E-state index in [1.807, 2.05) is 18.6 Å². The van der Waals surface area contributed by atoms with Gasteiger partial charge in [0, 0.05) is 18.9 Å². The Morgan fingerprint density at radius 1 is 0.645 bits per heavy atom. The van der Waals surface area contributed by atoms with Gasteiger partial charge in [-0.25, -0.2) is 0 Å². The molecule has 2 nitrogen and oxygen atoms in total. The van der Waals surface area contributed by atoms with E-state index in [4.69, 9.17) is 0 Å². The van der Waals surface area contributed by atoms with E-state index in [0.717, 1.165) is 6.54 Å². The van der Waals surface area contributed by atoms with Crippen molar-refractivity contribution in [2.75, 3.05) is 6.54 Å². The van der Waals surface area contributed by atoms with Gasteiger partial charge in [-0.15, -0.1) is 0 Å². The summed E-state index contributed by atoms with van der Waals surface area (Å²) in [7, 11) is 0. The van der Waals surface area contributed by atoms with Crippen molar-refractivity contribution in [3.8, 4) is 33.4 Å². The number of nitrogens with zero attached hydrogens (tertiary/aromatic N) is 1. The number of pyridine rings is 1. The molecule has 4 aromatic rings. The lowest BCUT2D eigenvalue weighted by Gasteiger charge is -2.14. The number of benzene rings is 3. The maximum absolute atomic E-state index is 4.19. The minimum absolute atomic E-state index is 0.851. The summed E-state index contributed by atoms with van der Waals surface area (Å²) in [6, 6.07) is 28.5. The second-order valence-electron chi connectivity index (χ2n) is 7.89. The van der Waals surface area contributed by atoms with E-state index in [1.54, 1.807) is 0 Å². The Morgan fingerprint density at radius 3 is 1.97 bits per heavy atom. The van der Waals surface area contributed by atoms with Gasteiger partial charge in [-0.3, -0.25) is 4.98 Å². The number of hydrogen-bond donors (Lipinski definition) is 1. The summed E-state index contributed by atoms with van der Waals surface area (Å²) in [5.74, 6) is 0.